The average Bonchev–Trinajstić information content (AvgIpc) is 2.91. The van der Waals surface area contributed by atoms with Crippen molar-refractivity contribution in [2.45, 2.75) is 129 Å². The summed E-state index contributed by atoms with van der Waals surface area (Å²) in [5.74, 6) is -0.331. The molecule has 0 spiro atoms. The molecule has 4 nitrogen and oxygen atoms in total. The van der Waals surface area contributed by atoms with Crippen LogP contribution in [0.3, 0.4) is 0 Å². The SMILES string of the molecule is CCCCC[C@@H](/C=C/[C@H]1[C@H](O[Si](C)(C)C(C)(C)C)CC(=O)[C@@H]1CO)O[Si](C)(C)C(C)(C)C. The van der Waals surface area contributed by atoms with Crippen LogP contribution < -0.4 is 0 Å². The molecule has 0 aromatic rings. The van der Waals surface area contributed by atoms with Crippen LogP contribution in [0.15, 0.2) is 12.2 Å². The van der Waals surface area contributed by atoms with Gasteiger partial charge in [-0.15, -0.1) is 0 Å². The van der Waals surface area contributed by atoms with Gasteiger partial charge in [-0.25, -0.2) is 0 Å². The summed E-state index contributed by atoms with van der Waals surface area (Å²) in [6.07, 6.45) is 9.14. The van der Waals surface area contributed by atoms with Crippen molar-refractivity contribution in [3.8, 4) is 0 Å². The van der Waals surface area contributed by atoms with Crippen molar-refractivity contribution < 1.29 is 18.8 Å². The van der Waals surface area contributed by atoms with E-state index in [1.54, 1.807) is 0 Å². The Bertz CT molecular complexity index is 629. The zero-order valence-corrected chi connectivity index (χ0v) is 24.9. The van der Waals surface area contributed by atoms with Crippen molar-refractivity contribution in [3.05, 3.63) is 12.2 Å². The Kier molecular flexibility index (Phi) is 10.6. The smallest absolute Gasteiger partial charge is 0.192 e. The molecule has 6 heteroatoms. The van der Waals surface area contributed by atoms with Crippen molar-refractivity contribution in [2.75, 3.05) is 6.61 Å². The van der Waals surface area contributed by atoms with E-state index in [-0.39, 0.29) is 46.5 Å². The maximum absolute atomic E-state index is 12.7. The summed E-state index contributed by atoms with van der Waals surface area (Å²) < 4.78 is 13.5. The maximum Gasteiger partial charge on any atom is 0.192 e. The fourth-order valence-corrected chi connectivity index (χ4v) is 6.37. The summed E-state index contributed by atoms with van der Waals surface area (Å²) in [6, 6.07) is 0. The number of unbranched alkanes of at least 4 members (excludes halogenated alkanes) is 2. The maximum atomic E-state index is 12.7. The van der Waals surface area contributed by atoms with Crippen molar-refractivity contribution in [3.63, 3.8) is 0 Å². The molecule has 0 unspecified atom stereocenters. The molecular formula is C26H52O4Si2. The standard InChI is InChI=1S/C26H52O4Si2/c1-12-13-14-15-20(29-31(8,9)25(2,3)4)16-17-21-22(19-27)23(28)18-24(21)30-32(10,11)26(5,6)7/h16-17,20-22,24,27H,12-15,18-19H2,1-11H3/b17-16+/t20-,21+,22+,24+/m0/s1. The first-order valence-corrected chi connectivity index (χ1v) is 18.5. The zero-order chi connectivity index (χ0) is 25.0. The minimum atomic E-state index is -2.02. The molecule has 0 amide bonds. The molecule has 0 bridgehead atoms. The first-order valence-electron chi connectivity index (χ1n) is 12.6. The zero-order valence-electron chi connectivity index (χ0n) is 22.9. The number of carbonyl (C=O) groups excluding carboxylic acids is 1. The summed E-state index contributed by atoms with van der Waals surface area (Å²) >= 11 is 0. The second-order valence-corrected chi connectivity index (χ2v) is 22.3. The third-order valence-electron chi connectivity index (χ3n) is 8.05. The van der Waals surface area contributed by atoms with Crippen LogP contribution in [0.5, 0.6) is 0 Å². The monoisotopic (exact) mass is 484 g/mol. The molecule has 1 aliphatic rings. The largest absolute Gasteiger partial charge is 0.413 e. The van der Waals surface area contributed by atoms with Gasteiger partial charge in [0, 0.05) is 18.3 Å². The number of hydrogen-bond acceptors (Lipinski definition) is 4. The van der Waals surface area contributed by atoms with Gasteiger partial charge < -0.3 is 14.0 Å². The van der Waals surface area contributed by atoms with E-state index in [4.69, 9.17) is 8.85 Å². The summed E-state index contributed by atoms with van der Waals surface area (Å²) in [6.45, 7) is 24.7. The number of carbonyl (C=O) groups is 1. The van der Waals surface area contributed by atoms with Crippen LogP contribution in [-0.4, -0.2) is 46.3 Å². The normalized spacial score (nSPS) is 24.5. The van der Waals surface area contributed by atoms with E-state index in [1.165, 1.54) is 12.8 Å². The highest BCUT2D eigenvalue weighted by atomic mass is 28.4. The fraction of sp³-hybridized carbons (Fsp3) is 0.885. The number of ketones is 1. The highest BCUT2D eigenvalue weighted by Gasteiger charge is 2.47. The highest BCUT2D eigenvalue weighted by molar-refractivity contribution is 6.74. The van der Waals surface area contributed by atoms with Gasteiger partial charge in [0.1, 0.15) is 5.78 Å². The van der Waals surface area contributed by atoms with Crippen LogP contribution in [0.4, 0.5) is 0 Å². The lowest BCUT2D eigenvalue weighted by atomic mass is 9.94. The summed E-state index contributed by atoms with van der Waals surface area (Å²) in [7, 11) is -3.94. The Morgan fingerprint density at radius 3 is 2.06 bits per heavy atom. The van der Waals surface area contributed by atoms with Crippen molar-refractivity contribution >= 4 is 22.4 Å². The predicted molar refractivity (Wildman–Crippen MR) is 141 cm³/mol. The van der Waals surface area contributed by atoms with E-state index in [9.17, 15) is 9.90 Å². The summed E-state index contributed by atoms with van der Waals surface area (Å²) in [5, 5.41) is 10.2. The summed E-state index contributed by atoms with van der Waals surface area (Å²) in [4.78, 5) is 12.7. The Morgan fingerprint density at radius 2 is 1.59 bits per heavy atom. The minimum absolute atomic E-state index is 0.0472. The first-order chi connectivity index (χ1) is 14.5. The highest BCUT2D eigenvalue weighted by Crippen LogP contribution is 2.42. The molecule has 0 aromatic heterocycles. The molecule has 1 aliphatic carbocycles. The van der Waals surface area contributed by atoms with Crippen molar-refractivity contribution in [1.82, 2.24) is 0 Å². The van der Waals surface area contributed by atoms with Crippen LogP contribution in [-0.2, 0) is 13.6 Å². The lowest BCUT2D eigenvalue weighted by Crippen LogP contribution is -2.45. The average molecular weight is 485 g/mol. The van der Waals surface area contributed by atoms with Crippen LogP contribution in [0.25, 0.3) is 0 Å². The predicted octanol–water partition coefficient (Wildman–Crippen LogP) is 7.10. The fourth-order valence-electron chi connectivity index (χ4n) is 3.71. The molecule has 0 heterocycles. The molecule has 1 fully saturated rings. The quantitative estimate of drug-likeness (QED) is 0.193. The van der Waals surface area contributed by atoms with Crippen molar-refractivity contribution in [1.29, 1.82) is 0 Å². The molecule has 188 valence electrons. The second-order valence-electron chi connectivity index (χ2n) is 12.8. The van der Waals surface area contributed by atoms with Gasteiger partial charge >= 0.3 is 0 Å². The number of hydrogen-bond donors (Lipinski definition) is 1. The molecule has 4 atom stereocenters. The van der Waals surface area contributed by atoms with Crippen LogP contribution in [0, 0.1) is 11.8 Å². The molecule has 0 saturated heterocycles. The molecular weight excluding hydrogens is 432 g/mol. The molecule has 0 aliphatic heterocycles. The van der Waals surface area contributed by atoms with E-state index in [2.05, 4.69) is 86.8 Å². The Labute approximate surface area is 200 Å². The van der Waals surface area contributed by atoms with Crippen LogP contribution in [0.1, 0.15) is 80.6 Å². The minimum Gasteiger partial charge on any atom is -0.413 e. The van der Waals surface area contributed by atoms with Gasteiger partial charge in [-0.1, -0.05) is 79.9 Å². The molecule has 1 saturated carbocycles. The number of rotatable bonds is 11. The lowest BCUT2D eigenvalue weighted by Gasteiger charge is -2.40. The molecule has 1 N–H and O–H groups in total. The first kappa shape index (κ1) is 29.8. The van der Waals surface area contributed by atoms with Gasteiger partial charge in [0.15, 0.2) is 16.6 Å². The van der Waals surface area contributed by atoms with Gasteiger partial charge in [-0.3, -0.25) is 4.79 Å². The number of aliphatic hydroxyl groups is 1. The molecule has 1 rings (SSSR count). The van der Waals surface area contributed by atoms with Gasteiger partial charge in [-0.05, 0) is 42.7 Å². The van der Waals surface area contributed by atoms with Gasteiger partial charge in [0.2, 0.25) is 0 Å². The van der Waals surface area contributed by atoms with Gasteiger partial charge in [-0.2, -0.15) is 0 Å². The topological polar surface area (TPSA) is 55.8 Å². The lowest BCUT2D eigenvalue weighted by molar-refractivity contribution is -0.122. The van der Waals surface area contributed by atoms with E-state index in [0.717, 1.165) is 12.8 Å². The Balaban J connectivity index is 3.14. The number of Topliss-reactive ketones (excluding diaryl/α,β-unsaturated/α-hetero) is 1. The molecule has 32 heavy (non-hydrogen) atoms. The van der Waals surface area contributed by atoms with E-state index in [1.807, 2.05) is 0 Å². The Hall–Kier alpha value is -0.276. The molecule has 0 aromatic carbocycles. The van der Waals surface area contributed by atoms with E-state index >= 15 is 0 Å². The second kappa shape index (κ2) is 11.4. The van der Waals surface area contributed by atoms with Gasteiger partial charge in [0.25, 0.3) is 0 Å². The Morgan fingerprint density at radius 1 is 1.03 bits per heavy atom. The third-order valence-corrected chi connectivity index (χ3v) is 17.1. The van der Waals surface area contributed by atoms with Crippen molar-refractivity contribution in [2.24, 2.45) is 11.8 Å². The van der Waals surface area contributed by atoms with Crippen LogP contribution in [0.2, 0.25) is 36.3 Å². The van der Waals surface area contributed by atoms with E-state index in [0.29, 0.717) is 6.42 Å². The third kappa shape index (κ3) is 7.90. The van der Waals surface area contributed by atoms with Gasteiger partial charge in [0.05, 0.1) is 18.8 Å². The molecule has 0 radical (unpaired) electrons. The number of aliphatic hydroxyl groups excluding tert-OH is 1. The van der Waals surface area contributed by atoms with Crippen LogP contribution >= 0.6 is 0 Å². The summed E-state index contributed by atoms with van der Waals surface area (Å²) in [5.41, 5.74) is 0. The van der Waals surface area contributed by atoms with E-state index < -0.39 is 16.6 Å².